The number of thioether (sulfide) groups is 1. The molecule has 0 radical (unpaired) electrons. The Kier molecular flexibility index (Phi) is 7.99. The van der Waals surface area contributed by atoms with Crippen LogP contribution in [0.4, 0.5) is 11.4 Å². The molecule has 0 saturated heterocycles. The van der Waals surface area contributed by atoms with E-state index in [-0.39, 0.29) is 35.9 Å². The summed E-state index contributed by atoms with van der Waals surface area (Å²) in [7, 11) is 1.52. The summed E-state index contributed by atoms with van der Waals surface area (Å²) in [5.74, 6) is 0.168. The topological polar surface area (TPSA) is 112 Å². The SMILES string of the molecule is COc1ccc(NC(=O)CSC2=Nc3ccccc3C3=NC(=O)C(CC(=O)NC4CCCCC4)N23)cc1Cl. The number of anilines is 1. The van der Waals surface area contributed by atoms with Crippen molar-refractivity contribution in [1.29, 1.82) is 0 Å². The van der Waals surface area contributed by atoms with Crippen molar-refractivity contribution in [3.05, 3.63) is 53.1 Å². The molecule has 1 saturated carbocycles. The van der Waals surface area contributed by atoms with Crippen molar-refractivity contribution in [1.82, 2.24) is 10.2 Å². The first-order valence-corrected chi connectivity index (χ1v) is 13.9. The molecule has 9 nitrogen and oxygen atoms in total. The van der Waals surface area contributed by atoms with Gasteiger partial charge in [0.2, 0.25) is 11.8 Å². The lowest BCUT2D eigenvalue weighted by molar-refractivity contribution is -0.127. The number of amidine groups is 2. The molecule has 1 fully saturated rings. The van der Waals surface area contributed by atoms with Crippen LogP contribution in [0.5, 0.6) is 5.75 Å². The summed E-state index contributed by atoms with van der Waals surface area (Å²) in [6.07, 6.45) is 5.28. The summed E-state index contributed by atoms with van der Waals surface area (Å²) < 4.78 is 5.15. The van der Waals surface area contributed by atoms with Gasteiger partial charge in [0.05, 0.1) is 30.0 Å². The molecule has 1 unspecified atom stereocenters. The molecule has 0 aromatic heterocycles. The van der Waals surface area contributed by atoms with Gasteiger partial charge in [-0.15, -0.1) is 0 Å². The number of rotatable bonds is 7. The molecular formula is C27H28ClN5O4S. The highest BCUT2D eigenvalue weighted by Gasteiger charge is 2.43. The van der Waals surface area contributed by atoms with Crippen molar-refractivity contribution in [2.45, 2.75) is 50.6 Å². The van der Waals surface area contributed by atoms with Crippen molar-refractivity contribution < 1.29 is 19.1 Å². The number of halogens is 1. The lowest BCUT2D eigenvalue weighted by atomic mass is 9.95. The summed E-state index contributed by atoms with van der Waals surface area (Å²) in [5, 5.41) is 6.74. The van der Waals surface area contributed by atoms with Gasteiger partial charge >= 0.3 is 0 Å². The van der Waals surface area contributed by atoms with E-state index >= 15 is 0 Å². The molecule has 3 amide bonds. The molecule has 11 heteroatoms. The molecule has 38 heavy (non-hydrogen) atoms. The normalized spacial score (nSPS) is 18.7. The van der Waals surface area contributed by atoms with Crippen molar-refractivity contribution in [2.75, 3.05) is 18.2 Å². The highest BCUT2D eigenvalue weighted by atomic mass is 35.5. The number of amides is 3. The number of hydrogen-bond donors (Lipinski definition) is 2. The van der Waals surface area contributed by atoms with Crippen LogP contribution in [0.2, 0.25) is 5.02 Å². The summed E-state index contributed by atoms with van der Waals surface area (Å²) in [4.78, 5) is 49.4. The highest BCUT2D eigenvalue weighted by Crippen LogP contribution is 2.35. The zero-order valence-corrected chi connectivity index (χ0v) is 22.5. The number of carbonyl (C=O) groups excluding carboxylic acids is 3. The van der Waals surface area contributed by atoms with Gasteiger partial charge in [-0.25, -0.2) is 4.99 Å². The van der Waals surface area contributed by atoms with Gasteiger partial charge in [0.1, 0.15) is 17.6 Å². The van der Waals surface area contributed by atoms with Gasteiger partial charge in [-0.05, 0) is 43.2 Å². The molecule has 0 spiro atoms. The third-order valence-electron chi connectivity index (χ3n) is 6.73. The molecule has 3 aliphatic rings. The number of methoxy groups -OCH3 is 1. The van der Waals surface area contributed by atoms with Crippen LogP contribution in [-0.4, -0.2) is 58.6 Å². The minimum atomic E-state index is -0.809. The lowest BCUT2D eigenvalue weighted by Crippen LogP contribution is -2.47. The van der Waals surface area contributed by atoms with Crippen LogP contribution in [-0.2, 0) is 14.4 Å². The van der Waals surface area contributed by atoms with Crippen LogP contribution < -0.4 is 15.4 Å². The van der Waals surface area contributed by atoms with Crippen molar-refractivity contribution >= 4 is 63.5 Å². The van der Waals surface area contributed by atoms with Crippen LogP contribution in [0.15, 0.2) is 52.4 Å². The number of nitrogens with one attached hydrogen (secondary N) is 2. The van der Waals surface area contributed by atoms with Crippen LogP contribution in [0.25, 0.3) is 0 Å². The maximum absolute atomic E-state index is 13.0. The predicted octanol–water partition coefficient (Wildman–Crippen LogP) is 4.52. The summed E-state index contributed by atoms with van der Waals surface area (Å²) in [5.41, 5.74) is 1.92. The van der Waals surface area contributed by atoms with Gasteiger partial charge in [0.15, 0.2) is 5.17 Å². The third kappa shape index (κ3) is 5.71. The molecular weight excluding hydrogens is 526 g/mol. The Morgan fingerprint density at radius 2 is 1.89 bits per heavy atom. The third-order valence-corrected chi connectivity index (χ3v) is 7.97. The fraction of sp³-hybridized carbons (Fsp3) is 0.370. The fourth-order valence-corrected chi connectivity index (χ4v) is 5.99. The smallest absolute Gasteiger partial charge is 0.271 e. The first kappa shape index (κ1) is 26.2. The molecule has 2 aromatic carbocycles. The van der Waals surface area contributed by atoms with Crippen LogP contribution >= 0.6 is 23.4 Å². The number of benzene rings is 2. The van der Waals surface area contributed by atoms with E-state index < -0.39 is 6.04 Å². The maximum atomic E-state index is 13.0. The Labute approximate surface area is 230 Å². The number of carbonyl (C=O) groups is 3. The van der Waals surface area contributed by atoms with Crippen LogP contribution in [0, 0.1) is 0 Å². The van der Waals surface area contributed by atoms with E-state index in [4.69, 9.17) is 21.3 Å². The van der Waals surface area contributed by atoms with E-state index in [2.05, 4.69) is 15.6 Å². The molecule has 2 aliphatic heterocycles. The predicted molar refractivity (Wildman–Crippen MR) is 149 cm³/mol. The van der Waals surface area contributed by atoms with Gasteiger partial charge in [-0.2, -0.15) is 4.99 Å². The molecule has 198 valence electrons. The minimum Gasteiger partial charge on any atom is -0.495 e. The zero-order chi connectivity index (χ0) is 26.6. The number of para-hydroxylation sites is 1. The second kappa shape index (κ2) is 11.6. The standard InChI is InChI=1S/C27H28ClN5O4S/c1-37-22-12-11-17(13-19(22)28)30-24(35)15-38-27-31-20-10-6-5-9-18(20)25-32-26(36)21(33(25)27)14-23(34)29-16-7-3-2-4-8-16/h5-6,9-13,16,21H,2-4,7-8,14-15H2,1H3,(H,29,34)(H,30,35). The monoisotopic (exact) mass is 553 g/mol. The van der Waals surface area contributed by atoms with Crippen LogP contribution in [0.3, 0.4) is 0 Å². The van der Waals surface area contributed by atoms with Gasteiger partial charge in [0.25, 0.3) is 5.91 Å². The van der Waals surface area contributed by atoms with E-state index in [1.165, 1.54) is 25.3 Å². The molecule has 0 bridgehead atoms. The zero-order valence-electron chi connectivity index (χ0n) is 20.9. The Balaban J connectivity index is 1.31. The Bertz CT molecular complexity index is 1320. The number of hydrogen-bond acceptors (Lipinski definition) is 7. The van der Waals surface area contributed by atoms with E-state index in [1.54, 1.807) is 23.1 Å². The number of fused-ring (bicyclic) bond motifs is 3. The first-order chi connectivity index (χ1) is 18.4. The molecule has 2 aromatic rings. The number of ether oxygens (including phenoxy) is 1. The van der Waals surface area contributed by atoms with Gasteiger partial charge in [0, 0.05) is 17.3 Å². The first-order valence-electron chi connectivity index (χ1n) is 12.6. The summed E-state index contributed by atoms with van der Waals surface area (Å²) in [6.45, 7) is 0. The molecule has 2 N–H and O–H groups in total. The average molecular weight is 554 g/mol. The molecule has 1 aliphatic carbocycles. The Morgan fingerprint density at radius 3 is 2.66 bits per heavy atom. The molecule has 5 rings (SSSR count). The summed E-state index contributed by atoms with van der Waals surface area (Å²) in [6, 6.07) is 11.7. The van der Waals surface area contributed by atoms with E-state index in [0.29, 0.717) is 33.2 Å². The van der Waals surface area contributed by atoms with Gasteiger partial charge in [-0.1, -0.05) is 54.8 Å². The van der Waals surface area contributed by atoms with E-state index in [1.807, 2.05) is 24.3 Å². The average Bonchev–Trinajstić information content (AvgIpc) is 3.24. The van der Waals surface area contributed by atoms with Crippen LogP contribution in [0.1, 0.15) is 44.1 Å². The highest BCUT2D eigenvalue weighted by molar-refractivity contribution is 8.14. The van der Waals surface area contributed by atoms with Crippen molar-refractivity contribution in [3.8, 4) is 5.75 Å². The van der Waals surface area contributed by atoms with Crippen molar-refractivity contribution in [2.24, 2.45) is 9.98 Å². The molecule has 1 atom stereocenters. The fourth-order valence-electron chi connectivity index (χ4n) is 4.88. The quantitative estimate of drug-likeness (QED) is 0.521. The minimum absolute atomic E-state index is 0.0272. The van der Waals surface area contributed by atoms with Gasteiger partial charge < -0.3 is 15.4 Å². The van der Waals surface area contributed by atoms with E-state index in [0.717, 1.165) is 31.2 Å². The Hall–Kier alpha value is -3.37. The van der Waals surface area contributed by atoms with E-state index in [9.17, 15) is 14.4 Å². The number of nitrogens with zero attached hydrogens (tertiary/aromatic N) is 3. The second-order valence-electron chi connectivity index (χ2n) is 9.36. The maximum Gasteiger partial charge on any atom is 0.271 e. The lowest BCUT2D eigenvalue weighted by Gasteiger charge is -2.31. The van der Waals surface area contributed by atoms with Crippen molar-refractivity contribution in [3.63, 3.8) is 0 Å². The Morgan fingerprint density at radius 1 is 1.11 bits per heavy atom. The second-order valence-corrected chi connectivity index (χ2v) is 10.7. The molecule has 2 heterocycles. The largest absolute Gasteiger partial charge is 0.495 e. The number of aliphatic imine (C=N–C) groups is 2. The van der Waals surface area contributed by atoms with Gasteiger partial charge in [-0.3, -0.25) is 19.3 Å². The summed E-state index contributed by atoms with van der Waals surface area (Å²) >= 11 is 7.35.